The molecule has 0 aliphatic carbocycles. The summed E-state index contributed by atoms with van der Waals surface area (Å²) in [6, 6.07) is 9.59. The number of ether oxygens (including phenoxy) is 2. The van der Waals surface area contributed by atoms with E-state index >= 15 is 0 Å². The van der Waals surface area contributed by atoms with Crippen molar-refractivity contribution in [3.63, 3.8) is 0 Å². The molecule has 0 fully saturated rings. The van der Waals surface area contributed by atoms with E-state index in [2.05, 4.69) is 11.9 Å². The van der Waals surface area contributed by atoms with Crippen molar-refractivity contribution in [1.82, 2.24) is 4.98 Å². The number of pyridine rings is 1. The summed E-state index contributed by atoms with van der Waals surface area (Å²) in [4.78, 5) is 4.38. The highest BCUT2D eigenvalue weighted by atomic mass is 28.3. The Morgan fingerprint density at radius 3 is 2.19 bits per heavy atom. The molecule has 0 amide bonds. The van der Waals surface area contributed by atoms with Gasteiger partial charge in [0.1, 0.15) is 5.75 Å². The van der Waals surface area contributed by atoms with Gasteiger partial charge in [0, 0.05) is 20.1 Å². The second kappa shape index (κ2) is 15.2. The zero-order valence-electron chi connectivity index (χ0n) is 21.9. The van der Waals surface area contributed by atoms with Gasteiger partial charge in [-0.3, -0.25) is 4.98 Å². The molecule has 0 saturated carbocycles. The lowest BCUT2D eigenvalue weighted by Crippen LogP contribution is -2.27. The van der Waals surface area contributed by atoms with Crippen molar-refractivity contribution < 1.29 is 27.0 Å². The maximum atomic E-state index is 14.5. The van der Waals surface area contributed by atoms with Gasteiger partial charge in [0.25, 0.3) is 0 Å². The predicted molar refractivity (Wildman–Crippen MR) is 141 cm³/mol. The van der Waals surface area contributed by atoms with Crippen LogP contribution < -0.4 is 9.47 Å². The van der Waals surface area contributed by atoms with E-state index in [1.165, 1.54) is 31.7 Å². The molecule has 8 heteroatoms. The molecule has 0 bridgehead atoms. The fourth-order valence-electron chi connectivity index (χ4n) is 3.98. The minimum absolute atomic E-state index is 0.261. The van der Waals surface area contributed by atoms with Gasteiger partial charge in [-0.15, -0.1) is 0 Å². The summed E-state index contributed by atoms with van der Waals surface area (Å²) in [5, 5.41) is 0. The Hall–Kier alpha value is -2.09. The average Bonchev–Trinajstić information content (AvgIpc) is 2.83. The van der Waals surface area contributed by atoms with Crippen molar-refractivity contribution in [2.45, 2.75) is 96.1 Å². The summed E-state index contributed by atoms with van der Waals surface area (Å²) in [7, 11) is -1.84. The van der Waals surface area contributed by atoms with Crippen LogP contribution in [0, 0.1) is 5.82 Å². The van der Waals surface area contributed by atoms with Crippen molar-refractivity contribution >= 4 is 8.07 Å². The Morgan fingerprint density at radius 1 is 0.833 bits per heavy atom. The highest BCUT2D eigenvalue weighted by Crippen LogP contribution is 2.29. The highest BCUT2D eigenvalue weighted by molar-refractivity contribution is 6.77. The summed E-state index contributed by atoms with van der Waals surface area (Å²) < 4.78 is 63.2. The molecule has 0 N–H and O–H groups in total. The fraction of sp³-hybridized carbons (Fsp3) is 0.607. The highest BCUT2D eigenvalue weighted by Gasteiger charge is 2.31. The molecule has 2 aromatic rings. The molecule has 0 saturated heterocycles. The lowest BCUT2D eigenvalue weighted by Gasteiger charge is -2.23. The van der Waals surface area contributed by atoms with Crippen LogP contribution in [-0.2, 0) is 0 Å². The minimum Gasteiger partial charge on any atom is -0.492 e. The molecule has 0 unspecified atom stereocenters. The molecule has 0 spiro atoms. The molecule has 1 heterocycles. The molecule has 0 aliphatic heterocycles. The number of nitrogens with zero attached hydrogens (tertiary/aromatic N) is 1. The van der Waals surface area contributed by atoms with E-state index in [1.54, 1.807) is 30.5 Å². The Kier molecular flexibility index (Phi) is 12.7. The number of unbranched alkanes of at least 4 members (excludes halogenated alkanes) is 6. The first kappa shape index (κ1) is 30.1. The minimum atomic E-state index is -4.07. The van der Waals surface area contributed by atoms with Crippen LogP contribution in [0.3, 0.4) is 0 Å². The largest absolute Gasteiger partial charge is 0.492 e. The lowest BCUT2D eigenvalue weighted by molar-refractivity contribution is -0.130. The van der Waals surface area contributed by atoms with Gasteiger partial charge in [0.05, 0.1) is 25.1 Å². The van der Waals surface area contributed by atoms with Crippen LogP contribution in [0.15, 0.2) is 36.5 Å². The second-order valence-corrected chi connectivity index (χ2v) is 15.6. The van der Waals surface area contributed by atoms with Crippen molar-refractivity contribution in [3.05, 3.63) is 42.3 Å². The number of benzene rings is 1. The predicted octanol–water partition coefficient (Wildman–Crippen LogP) is 9.45. The summed E-state index contributed by atoms with van der Waals surface area (Å²) in [5.74, 6) is 0.478. The summed E-state index contributed by atoms with van der Waals surface area (Å²) in [6.07, 6.45) is 5.43. The van der Waals surface area contributed by atoms with Gasteiger partial charge in [-0.2, -0.15) is 13.2 Å². The van der Waals surface area contributed by atoms with E-state index in [1.807, 2.05) is 13.1 Å². The maximum Gasteiger partial charge on any atom is 0.388 e. The molecular formula is C28H41F4NO2Si. The molecular weight excluding hydrogens is 486 g/mol. The topological polar surface area (TPSA) is 31.4 Å². The number of rotatable bonds is 17. The quantitative estimate of drug-likeness (QED) is 0.117. The van der Waals surface area contributed by atoms with Crippen molar-refractivity contribution in [2.75, 3.05) is 13.2 Å². The van der Waals surface area contributed by atoms with E-state index in [4.69, 9.17) is 9.47 Å². The third kappa shape index (κ3) is 12.2. The zero-order chi connectivity index (χ0) is 26.4. The summed E-state index contributed by atoms with van der Waals surface area (Å²) in [6.45, 7) is 7.22. The Balaban J connectivity index is 1.72. The van der Waals surface area contributed by atoms with Crippen LogP contribution in [0.5, 0.6) is 11.5 Å². The molecule has 3 nitrogen and oxygen atoms in total. The molecule has 1 aromatic heterocycles. The second-order valence-electron chi connectivity index (χ2n) is 10.2. The van der Waals surface area contributed by atoms with E-state index < -0.39 is 26.5 Å². The smallest absolute Gasteiger partial charge is 0.388 e. The number of aromatic nitrogens is 1. The normalized spacial score (nSPS) is 12.1. The molecule has 0 aliphatic rings. The molecule has 36 heavy (non-hydrogen) atoms. The third-order valence-corrected chi connectivity index (χ3v) is 9.63. The molecule has 202 valence electrons. The van der Waals surface area contributed by atoms with Gasteiger partial charge in [0.2, 0.25) is 0 Å². The Bertz CT molecular complexity index is 888. The van der Waals surface area contributed by atoms with Gasteiger partial charge in [-0.1, -0.05) is 64.6 Å². The molecule has 1 aromatic carbocycles. The first-order valence-electron chi connectivity index (χ1n) is 13.2. The Morgan fingerprint density at radius 2 is 1.53 bits per heavy atom. The lowest BCUT2D eigenvalue weighted by atomic mass is 10.1. The van der Waals surface area contributed by atoms with Crippen LogP contribution in [0.4, 0.5) is 17.6 Å². The SMILES string of the molecule is CCCCCCCCOc1ccc(-c2ccc(OCCCC[Si](C)(C)CCC(F)(F)F)cn2)cc1F. The van der Waals surface area contributed by atoms with Gasteiger partial charge in [0.15, 0.2) is 11.6 Å². The van der Waals surface area contributed by atoms with E-state index in [0.29, 0.717) is 30.2 Å². The van der Waals surface area contributed by atoms with Gasteiger partial charge in [-0.25, -0.2) is 4.39 Å². The van der Waals surface area contributed by atoms with E-state index in [9.17, 15) is 17.6 Å². The first-order chi connectivity index (χ1) is 17.1. The number of alkyl halides is 3. The van der Waals surface area contributed by atoms with E-state index in [0.717, 1.165) is 31.7 Å². The van der Waals surface area contributed by atoms with Gasteiger partial charge >= 0.3 is 6.18 Å². The molecule has 0 radical (unpaired) electrons. The Labute approximate surface area is 214 Å². The van der Waals surface area contributed by atoms with Crippen molar-refractivity contribution in [3.8, 4) is 22.8 Å². The molecule has 2 rings (SSSR count). The van der Waals surface area contributed by atoms with Crippen LogP contribution >= 0.6 is 0 Å². The van der Waals surface area contributed by atoms with Crippen LogP contribution in [0.1, 0.15) is 64.7 Å². The average molecular weight is 528 g/mol. The first-order valence-corrected chi connectivity index (χ1v) is 16.6. The maximum absolute atomic E-state index is 14.5. The number of hydrogen-bond donors (Lipinski definition) is 0. The van der Waals surface area contributed by atoms with Gasteiger partial charge < -0.3 is 9.47 Å². The number of halogens is 4. The zero-order valence-corrected chi connectivity index (χ0v) is 22.9. The third-order valence-electron chi connectivity index (χ3n) is 6.32. The number of hydrogen-bond acceptors (Lipinski definition) is 3. The standard InChI is InChI=1S/C28H41F4NO2Si/c1-4-5-6-7-8-9-18-35-27-15-12-23(21-25(27)29)26-14-13-24(22-33-26)34-17-10-11-19-36(2,3)20-16-28(30,31)32/h12-15,21-22H,4-11,16-20H2,1-3H3. The molecule has 0 atom stereocenters. The van der Waals surface area contributed by atoms with E-state index in [-0.39, 0.29) is 11.8 Å². The van der Waals surface area contributed by atoms with Crippen LogP contribution in [0.25, 0.3) is 11.3 Å². The van der Waals surface area contributed by atoms with Crippen LogP contribution in [0.2, 0.25) is 25.2 Å². The van der Waals surface area contributed by atoms with Crippen molar-refractivity contribution in [1.29, 1.82) is 0 Å². The monoisotopic (exact) mass is 527 g/mol. The van der Waals surface area contributed by atoms with Crippen molar-refractivity contribution in [2.24, 2.45) is 0 Å². The van der Waals surface area contributed by atoms with Crippen LogP contribution in [-0.4, -0.2) is 32.4 Å². The fourth-order valence-corrected chi connectivity index (χ4v) is 6.40. The van der Waals surface area contributed by atoms with Gasteiger partial charge in [-0.05, 0) is 49.2 Å². The summed E-state index contributed by atoms with van der Waals surface area (Å²) >= 11 is 0. The summed E-state index contributed by atoms with van der Waals surface area (Å²) in [5.41, 5.74) is 1.30.